The van der Waals surface area contributed by atoms with Crippen LogP contribution in [0.5, 0.6) is 0 Å². The minimum absolute atomic E-state index is 0.0317. The molecular formula is C11H20N2O. The number of ether oxygens (including phenoxy) is 1. The fourth-order valence-corrected chi connectivity index (χ4v) is 3.05. The summed E-state index contributed by atoms with van der Waals surface area (Å²) >= 11 is 0. The first kappa shape index (κ1) is 9.13. The number of hydrogen-bond donors (Lipinski definition) is 2. The van der Waals surface area contributed by atoms with E-state index in [0.29, 0.717) is 0 Å². The first-order valence-corrected chi connectivity index (χ1v) is 5.99. The van der Waals surface area contributed by atoms with Crippen LogP contribution in [0.1, 0.15) is 38.5 Å². The van der Waals surface area contributed by atoms with E-state index in [1.807, 2.05) is 0 Å². The predicted molar refractivity (Wildman–Crippen MR) is 55.1 cm³/mol. The van der Waals surface area contributed by atoms with Gasteiger partial charge in [-0.25, -0.2) is 0 Å². The van der Waals surface area contributed by atoms with Gasteiger partial charge in [0.1, 0.15) is 5.72 Å². The lowest BCUT2D eigenvalue weighted by Gasteiger charge is -2.54. The zero-order valence-electron chi connectivity index (χ0n) is 8.77. The highest BCUT2D eigenvalue weighted by Crippen LogP contribution is 2.44. The third-order valence-electron chi connectivity index (χ3n) is 4.12. The van der Waals surface area contributed by atoms with Crippen LogP contribution in [0.4, 0.5) is 0 Å². The molecule has 2 spiro atoms. The molecule has 1 saturated carbocycles. The van der Waals surface area contributed by atoms with E-state index < -0.39 is 0 Å². The van der Waals surface area contributed by atoms with E-state index in [9.17, 15) is 0 Å². The smallest absolute Gasteiger partial charge is 0.122 e. The van der Waals surface area contributed by atoms with Crippen molar-refractivity contribution in [2.75, 3.05) is 19.6 Å². The summed E-state index contributed by atoms with van der Waals surface area (Å²) in [6.45, 7) is 3.35. The van der Waals surface area contributed by atoms with Crippen LogP contribution in [-0.4, -0.2) is 31.0 Å². The van der Waals surface area contributed by atoms with Crippen molar-refractivity contribution < 1.29 is 4.74 Å². The molecular weight excluding hydrogens is 176 g/mol. The molecule has 0 unspecified atom stereocenters. The van der Waals surface area contributed by atoms with E-state index >= 15 is 0 Å². The molecule has 3 rings (SSSR count). The van der Waals surface area contributed by atoms with Gasteiger partial charge in [-0.1, -0.05) is 0 Å². The molecule has 0 aromatic carbocycles. The molecule has 0 radical (unpaired) electrons. The summed E-state index contributed by atoms with van der Waals surface area (Å²) in [4.78, 5) is 0. The molecule has 0 aromatic rings. The molecule has 14 heavy (non-hydrogen) atoms. The average Bonchev–Trinajstić information content (AvgIpc) is 2.17. The maximum absolute atomic E-state index is 6.39. The van der Waals surface area contributed by atoms with Crippen molar-refractivity contribution in [1.29, 1.82) is 0 Å². The maximum Gasteiger partial charge on any atom is 0.122 e. The second kappa shape index (κ2) is 3.19. The lowest BCUT2D eigenvalue weighted by atomic mass is 9.75. The van der Waals surface area contributed by atoms with E-state index in [1.165, 1.54) is 25.7 Å². The zero-order chi connectivity index (χ0) is 9.49. The minimum atomic E-state index is 0.0317. The topological polar surface area (TPSA) is 33.3 Å². The second-order valence-electron chi connectivity index (χ2n) is 5.06. The van der Waals surface area contributed by atoms with Gasteiger partial charge in [0.2, 0.25) is 0 Å². The fourth-order valence-electron chi connectivity index (χ4n) is 3.05. The van der Waals surface area contributed by atoms with E-state index in [2.05, 4.69) is 10.6 Å². The summed E-state index contributed by atoms with van der Waals surface area (Å²) in [5, 5.41) is 7.00. The lowest BCUT2D eigenvalue weighted by molar-refractivity contribution is -0.238. The summed E-state index contributed by atoms with van der Waals surface area (Å²) in [6, 6.07) is 0. The largest absolute Gasteiger partial charge is 0.354 e. The molecule has 1 aliphatic carbocycles. The van der Waals surface area contributed by atoms with Crippen LogP contribution in [0.2, 0.25) is 0 Å². The standard InChI is InChI=1S/C11H20N2O/c1-2-10(3-1)4-9-13-11(14-10)5-7-12-8-6-11/h12-13H,1-9H2. The molecule has 3 heteroatoms. The van der Waals surface area contributed by atoms with Crippen molar-refractivity contribution in [1.82, 2.24) is 10.6 Å². The SMILES string of the molecule is C1CC2(C1)CCNC1(CCNCC1)O2. The molecule has 0 atom stereocenters. The Hall–Kier alpha value is -0.120. The van der Waals surface area contributed by atoms with Gasteiger partial charge in [0.05, 0.1) is 5.60 Å². The van der Waals surface area contributed by atoms with Crippen LogP contribution in [0.3, 0.4) is 0 Å². The minimum Gasteiger partial charge on any atom is -0.354 e. The molecule has 2 saturated heterocycles. The molecule has 80 valence electrons. The van der Waals surface area contributed by atoms with E-state index in [-0.39, 0.29) is 11.3 Å². The van der Waals surface area contributed by atoms with Crippen LogP contribution in [-0.2, 0) is 4.74 Å². The molecule has 3 aliphatic rings. The Morgan fingerprint density at radius 3 is 2.29 bits per heavy atom. The molecule has 2 aliphatic heterocycles. The number of piperidine rings is 1. The Morgan fingerprint density at radius 2 is 1.64 bits per heavy atom. The third kappa shape index (κ3) is 1.38. The molecule has 2 heterocycles. The van der Waals surface area contributed by atoms with Crippen LogP contribution < -0.4 is 10.6 Å². The molecule has 2 N–H and O–H groups in total. The van der Waals surface area contributed by atoms with Gasteiger partial charge in [-0.15, -0.1) is 0 Å². The molecule has 0 bridgehead atoms. The van der Waals surface area contributed by atoms with Gasteiger partial charge in [-0.3, -0.25) is 5.32 Å². The van der Waals surface area contributed by atoms with Crippen LogP contribution >= 0.6 is 0 Å². The Morgan fingerprint density at radius 1 is 0.857 bits per heavy atom. The molecule has 3 fully saturated rings. The predicted octanol–water partition coefficient (Wildman–Crippen LogP) is 0.999. The van der Waals surface area contributed by atoms with Gasteiger partial charge in [0.15, 0.2) is 0 Å². The highest BCUT2D eigenvalue weighted by atomic mass is 16.5. The fraction of sp³-hybridized carbons (Fsp3) is 1.00. The quantitative estimate of drug-likeness (QED) is 0.606. The van der Waals surface area contributed by atoms with Crippen LogP contribution in [0.15, 0.2) is 0 Å². The summed E-state index contributed by atoms with van der Waals surface area (Å²) in [6.07, 6.45) is 7.45. The van der Waals surface area contributed by atoms with Gasteiger partial charge >= 0.3 is 0 Å². The number of hydrogen-bond acceptors (Lipinski definition) is 3. The first-order chi connectivity index (χ1) is 6.83. The van der Waals surface area contributed by atoms with Crippen LogP contribution in [0, 0.1) is 0 Å². The van der Waals surface area contributed by atoms with Crippen molar-refractivity contribution >= 4 is 0 Å². The van der Waals surface area contributed by atoms with Crippen molar-refractivity contribution in [2.45, 2.75) is 49.9 Å². The Bertz CT molecular complexity index is 214. The van der Waals surface area contributed by atoms with Crippen molar-refractivity contribution in [2.24, 2.45) is 0 Å². The van der Waals surface area contributed by atoms with Crippen molar-refractivity contribution in [3.05, 3.63) is 0 Å². The van der Waals surface area contributed by atoms with Crippen molar-refractivity contribution in [3.8, 4) is 0 Å². The molecule has 0 aromatic heterocycles. The monoisotopic (exact) mass is 196 g/mol. The summed E-state index contributed by atoms with van der Waals surface area (Å²) < 4.78 is 6.39. The molecule has 0 amide bonds. The normalized spacial score (nSPS) is 34.3. The molecule has 3 nitrogen and oxygen atoms in total. The summed E-state index contributed by atoms with van der Waals surface area (Å²) in [5.74, 6) is 0. The van der Waals surface area contributed by atoms with E-state index in [1.54, 1.807) is 0 Å². The highest BCUT2D eigenvalue weighted by molar-refractivity contribution is 4.99. The Balaban J connectivity index is 1.73. The van der Waals surface area contributed by atoms with E-state index in [0.717, 1.165) is 32.5 Å². The number of rotatable bonds is 0. The lowest BCUT2D eigenvalue weighted by Crippen LogP contribution is -2.64. The average molecular weight is 196 g/mol. The third-order valence-corrected chi connectivity index (χ3v) is 4.12. The first-order valence-electron chi connectivity index (χ1n) is 5.99. The van der Waals surface area contributed by atoms with Gasteiger partial charge in [0, 0.05) is 19.4 Å². The van der Waals surface area contributed by atoms with Gasteiger partial charge in [0.25, 0.3) is 0 Å². The van der Waals surface area contributed by atoms with Gasteiger partial charge < -0.3 is 10.1 Å². The van der Waals surface area contributed by atoms with Gasteiger partial charge in [-0.2, -0.15) is 0 Å². The summed E-state index contributed by atoms with van der Waals surface area (Å²) in [5.41, 5.74) is 0.312. The number of nitrogens with one attached hydrogen (secondary N) is 2. The maximum atomic E-state index is 6.39. The zero-order valence-corrected chi connectivity index (χ0v) is 8.77. The van der Waals surface area contributed by atoms with Crippen molar-refractivity contribution in [3.63, 3.8) is 0 Å². The Labute approximate surface area is 85.6 Å². The van der Waals surface area contributed by atoms with Crippen LogP contribution in [0.25, 0.3) is 0 Å². The Kier molecular flexibility index (Phi) is 2.08. The second-order valence-corrected chi connectivity index (χ2v) is 5.06. The van der Waals surface area contributed by atoms with E-state index in [4.69, 9.17) is 4.74 Å². The summed E-state index contributed by atoms with van der Waals surface area (Å²) in [7, 11) is 0. The van der Waals surface area contributed by atoms with Gasteiger partial charge in [-0.05, 0) is 38.8 Å². The highest BCUT2D eigenvalue weighted by Gasteiger charge is 2.48.